The summed E-state index contributed by atoms with van der Waals surface area (Å²) in [6.07, 6.45) is 2.11. The lowest BCUT2D eigenvalue weighted by Gasteiger charge is -2.26. The molecule has 1 atom stereocenters. The molecule has 3 saturated heterocycles. The summed E-state index contributed by atoms with van der Waals surface area (Å²) >= 11 is 6.50. The summed E-state index contributed by atoms with van der Waals surface area (Å²) in [4.78, 5) is 16.7. The maximum absolute atomic E-state index is 12.7. The van der Waals surface area contributed by atoms with Crippen LogP contribution in [0.4, 0.5) is 5.88 Å². The van der Waals surface area contributed by atoms with Crippen molar-refractivity contribution in [1.29, 1.82) is 0 Å². The van der Waals surface area contributed by atoms with Gasteiger partial charge in [-0.05, 0) is 12.5 Å². The molecule has 3 fully saturated rings. The van der Waals surface area contributed by atoms with Crippen LogP contribution < -0.4 is 4.90 Å². The van der Waals surface area contributed by atoms with E-state index >= 15 is 0 Å². The van der Waals surface area contributed by atoms with E-state index in [1.807, 2.05) is 12.1 Å². The molecule has 4 rings (SSSR count). The maximum Gasteiger partial charge on any atom is 0.266 e. The van der Waals surface area contributed by atoms with Crippen molar-refractivity contribution in [3.8, 4) is 0 Å². The second-order valence-corrected chi connectivity index (χ2v) is 10.3. The van der Waals surface area contributed by atoms with Crippen LogP contribution in [0.1, 0.15) is 12.2 Å². The predicted octanol–water partition coefficient (Wildman–Crippen LogP) is 1.50. The number of morpholine rings is 1. The number of thiocarbonyl (C=S) groups is 1. The standard InChI is InChI=1S/C16H18N2O5S3/c19-15-13(25-16(24)18(15)11-3-8-26(20,21)10-11)9-12-1-2-14(23-12)17-4-6-22-7-5-17/h1-2,9,11H,3-8,10H2. The van der Waals surface area contributed by atoms with Gasteiger partial charge in [0.15, 0.2) is 15.7 Å². The van der Waals surface area contributed by atoms with E-state index < -0.39 is 9.84 Å². The van der Waals surface area contributed by atoms with Crippen molar-refractivity contribution in [2.75, 3.05) is 42.7 Å². The van der Waals surface area contributed by atoms with Gasteiger partial charge < -0.3 is 14.1 Å². The summed E-state index contributed by atoms with van der Waals surface area (Å²) in [6, 6.07) is 3.33. The second kappa shape index (κ2) is 6.99. The van der Waals surface area contributed by atoms with E-state index in [0.717, 1.165) is 19.0 Å². The van der Waals surface area contributed by atoms with E-state index in [9.17, 15) is 13.2 Å². The van der Waals surface area contributed by atoms with Crippen molar-refractivity contribution in [2.24, 2.45) is 0 Å². The fraction of sp³-hybridized carbons (Fsp3) is 0.500. The maximum atomic E-state index is 12.7. The van der Waals surface area contributed by atoms with Crippen molar-refractivity contribution in [3.05, 3.63) is 22.8 Å². The molecule has 0 bridgehead atoms. The van der Waals surface area contributed by atoms with Crippen molar-refractivity contribution in [3.63, 3.8) is 0 Å². The van der Waals surface area contributed by atoms with Crippen LogP contribution in [0.15, 0.2) is 21.5 Å². The Morgan fingerprint density at radius 3 is 2.73 bits per heavy atom. The zero-order chi connectivity index (χ0) is 18.3. The van der Waals surface area contributed by atoms with Gasteiger partial charge in [-0.25, -0.2) is 8.42 Å². The first-order valence-corrected chi connectivity index (χ1v) is 11.4. The van der Waals surface area contributed by atoms with Gasteiger partial charge in [-0.1, -0.05) is 24.0 Å². The van der Waals surface area contributed by atoms with E-state index in [4.69, 9.17) is 21.4 Å². The van der Waals surface area contributed by atoms with Crippen molar-refractivity contribution >= 4 is 56.0 Å². The van der Waals surface area contributed by atoms with Crippen molar-refractivity contribution in [2.45, 2.75) is 12.5 Å². The summed E-state index contributed by atoms with van der Waals surface area (Å²) in [5, 5.41) is 0. The van der Waals surface area contributed by atoms with Crippen LogP contribution in [-0.4, -0.2) is 67.4 Å². The molecule has 0 spiro atoms. The van der Waals surface area contributed by atoms with E-state index in [2.05, 4.69) is 4.90 Å². The van der Waals surface area contributed by atoms with E-state index in [0.29, 0.717) is 34.6 Å². The molecular weight excluding hydrogens is 396 g/mol. The summed E-state index contributed by atoms with van der Waals surface area (Å²) in [5.41, 5.74) is 0. The number of rotatable bonds is 3. The molecule has 7 nitrogen and oxygen atoms in total. The number of anilines is 1. The zero-order valence-corrected chi connectivity index (χ0v) is 16.4. The molecular formula is C16H18N2O5S3. The Morgan fingerprint density at radius 1 is 1.27 bits per heavy atom. The van der Waals surface area contributed by atoms with Gasteiger partial charge in [0.1, 0.15) is 10.1 Å². The number of hydrogen-bond acceptors (Lipinski definition) is 8. The number of thioether (sulfide) groups is 1. The Bertz CT molecular complexity index is 870. The van der Waals surface area contributed by atoms with Gasteiger partial charge in [0, 0.05) is 25.2 Å². The number of sulfone groups is 1. The van der Waals surface area contributed by atoms with Crippen LogP contribution in [0.25, 0.3) is 6.08 Å². The summed E-state index contributed by atoms with van der Waals surface area (Å²) in [6.45, 7) is 2.87. The molecule has 0 N–H and O–H groups in total. The molecule has 1 unspecified atom stereocenters. The highest BCUT2D eigenvalue weighted by Gasteiger charge is 2.42. The Kier molecular flexibility index (Phi) is 4.84. The molecule has 26 heavy (non-hydrogen) atoms. The minimum atomic E-state index is -3.08. The SMILES string of the molecule is O=C1C(=Cc2ccc(N3CCOCC3)o2)SC(=S)N1C1CCS(=O)(=O)C1. The molecule has 3 aliphatic rings. The van der Waals surface area contributed by atoms with Crippen molar-refractivity contribution in [1.82, 2.24) is 4.90 Å². The zero-order valence-electron chi connectivity index (χ0n) is 13.9. The van der Waals surface area contributed by atoms with Crippen LogP contribution in [0.5, 0.6) is 0 Å². The smallest absolute Gasteiger partial charge is 0.266 e. The topological polar surface area (TPSA) is 80.1 Å². The average Bonchev–Trinajstić information content (AvgIpc) is 3.28. The predicted molar refractivity (Wildman–Crippen MR) is 104 cm³/mol. The molecule has 0 saturated carbocycles. The lowest BCUT2D eigenvalue weighted by molar-refractivity contribution is -0.123. The van der Waals surface area contributed by atoms with Gasteiger partial charge in [0.25, 0.3) is 5.91 Å². The largest absolute Gasteiger partial charge is 0.441 e. The van der Waals surface area contributed by atoms with Crippen LogP contribution in [0, 0.1) is 0 Å². The number of ether oxygens (including phenoxy) is 1. The quantitative estimate of drug-likeness (QED) is 0.544. The fourth-order valence-corrected chi connectivity index (χ4v) is 6.36. The molecule has 140 valence electrons. The van der Waals surface area contributed by atoms with Gasteiger partial charge in [-0.15, -0.1) is 0 Å². The van der Waals surface area contributed by atoms with Crippen LogP contribution in [-0.2, 0) is 19.4 Å². The molecule has 0 radical (unpaired) electrons. The monoisotopic (exact) mass is 414 g/mol. The third kappa shape index (κ3) is 3.55. The summed E-state index contributed by atoms with van der Waals surface area (Å²) in [5.74, 6) is 1.16. The first kappa shape index (κ1) is 18.0. The Labute approximate surface area is 161 Å². The molecule has 1 amide bonds. The molecule has 3 aliphatic heterocycles. The first-order chi connectivity index (χ1) is 12.4. The molecule has 0 aliphatic carbocycles. The number of carbonyl (C=O) groups excluding carboxylic acids is 1. The summed E-state index contributed by atoms with van der Waals surface area (Å²) < 4.78 is 35.0. The lowest BCUT2D eigenvalue weighted by Crippen LogP contribution is -2.39. The summed E-state index contributed by atoms with van der Waals surface area (Å²) in [7, 11) is -3.08. The average molecular weight is 415 g/mol. The molecule has 1 aromatic heterocycles. The number of nitrogens with zero attached hydrogens (tertiary/aromatic N) is 2. The minimum Gasteiger partial charge on any atom is -0.441 e. The van der Waals surface area contributed by atoms with Gasteiger partial charge >= 0.3 is 0 Å². The van der Waals surface area contributed by atoms with Crippen LogP contribution >= 0.6 is 24.0 Å². The Morgan fingerprint density at radius 2 is 2.04 bits per heavy atom. The highest BCUT2D eigenvalue weighted by atomic mass is 32.2. The normalized spacial score (nSPS) is 27.7. The van der Waals surface area contributed by atoms with Gasteiger partial charge in [-0.3, -0.25) is 9.69 Å². The number of amides is 1. The van der Waals surface area contributed by atoms with Crippen LogP contribution in [0.3, 0.4) is 0 Å². The first-order valence-electron chi connectivity index (χ1n) is 8.33. The molecule has 4 heterocycles. The molecule has 0 aromatic carbocycles. The van der Waals surface area contributed by atoms with Gasteiger partial charge in [-0.2, -0.15) is 0 Å². The number of hydrogen-bond donors (Lipinski definition) is 0. The van der Waals surface area contributed by atoms with Gasteiger partial charge in [0.2, 0.25) is 0 Å². The lowest BCUT2D eigenvalue weighted by atomic mass is 10.2. The third-order valence-electron chi connectivity index (χ3n) is 4.61. The van der Waals surface area contributed by atoms with E-state index in [1.54, 1.807) is 6.08 Å². The highest BCUT2D eigenvalue weighted by Crippen LogP contribution is 2.36. The van der Waals surface area contributed by atoms with Crippen LogP contribution in [0.2, 0.25) is 0 Å². The molecule has 1 aromatic rings. The number of furan rings is 1. The van der Waals surface area contributed by atoms with Gasteiger partial charge in [0.05, 0.1) is 35.7 Å². The Balaban J connectivity index is 1.50. The third-order valence-corrected chi connectivity index (χ3v) is 7.69. The fourth-order valence-electron chi connectivity index (χ4n) is 3.28. The van der Waals surface area contributed by atoms with Crippen molar-refractivity contribution < 1.29 is 22.4 Å². The second-order valence-electron chi connectivity index (χ2n) is 6.38. The van der Waals surface area contributed by atoms with E-state index in [-0.39, 0.29) is 23.5 Å². The molecule has 10 heteroatoms. The Hall–Kier alpha value is -1.36. The highest BCUT2D eigenvalue weighted by molar-refractivity contribution is 8.26. The number of carbonyl (C=O) groups is 1. The minimum absolute atomic E-state index is 0.0192. The van der Waals surface area contributed by atoms with E-state index in [1.165, 1.54) is 16.7 Å².